The molecular formula is C12H17NO. The molecule has 1 fully saturated rings. The second-order valence-corrected chi connectivity index (χ2v) is 4.26. The second kappa shape index (κ2) is 3.62. The maximum absolute atomic E-state index is 5.12. The zero-order chi connectivity index (χ0) is 10.0. The van der Waals surface area contributed by atoms with Gasteiger partial charge in [0.05, 0.1) is 7.11 Å². The average molecular weight is 191 g/mol. The van der Waals surface area contributed by atoms with E-state index in [1.165, 1.54) is 12.0 Å². The van der Waals surface area contributed by atoms with Crippen LogP contribution in [-0.4, -0.2) is 19.2 Å². The van der Waals surface area contributed by atoms with Gasteiger partial charge in [0.1, 0.15) is 5.75 Å². The summed E-state index contributed by atoms with van der Waals surface area (Å²) in [4.78, 5) is 0. The van der Waals surface area contributed by atoms with Crippen molar-refractivity contribution in [2.45, 2.75) is 25.3 Å². The van der Waals surface area contributed by atoms with Crippen molar-refractivity contribution in [1.82, 2.24) is 5.32 Å². The molecule has 1 aliphatic heterocycles. The summed E-state index contributed by atoms with van der Waals surface area (Å²) in [5.41, 5.74) is 1.70. The van der Waals surface area contributed by atoms with Gasteiger partial charge in [0, 0.05) is 5.54 Å². The van der Waals surface area contributed by atoms with Gasteiger partial charge in [-0.2, -0.15) is 0 Å². The molecular weight excluding hydrogens is 174 g/mol. The molecule has 1 atom stereocenters. The molecule has 1 aromatic carbocycles. The number of rotatable bonds is 3. The Balaban J connectivity index is 2.02. The van der Waals surface area contributed by atoms with Gasteiger partial charge in [0.25, 0.3) is 0 Å². The molecule has 0 saturated carbocycles. The quantitative estimate of drug-likeness (QED) is 0.789. The summed E-state index contributed by atoms with van der Waals surface area (Å²) in [6.45, 7) is 3.44. The van der Waals surface area contributed by atoms with E-state index in [2.05, 4.69) is 24.4 Å². The smallest absolute Gasteiger partial charge is 0.118 e. The van der Waals surface area contributed by atoms with Gasteiger partial charge in [-0.05, 0) is 44.0 Å². The largest absolute Gasteiger partial charge is 0.497 e. The fourth-order valence-corrected chi connectivity index (χ4v) is 1.90. The molecule has 1 aromatic rings. The van der Waals surface area contributed by atoms with Crippen LogP contribution in [0.5, 0.6) is 5.75 Å². The first kappa shape index (κ1) is 9.53. The SMILES string of the molecule is COc1ccc(CC2(C)CCN2)cc1. The third-order valence-corrected chi connectivity index (χ3v) is 2.98. The topological polar surface area (TPSA) is 21.3 Å². The Morgan fingerprint density at radius 3 is 2.43 bits per heavy atom. The van der Waals surface area contributed by atoms with E-state index in [4.69, 9.17) is 4.74 Å². The van der Waals surface area contributed by atoms with Crippen LogP contribution in [0.15, 0.2) is 24.3 Å². The minimum atomic E-state index is 0.328. The van der Waals surface area contributed by atoms with Gasteiger partial charge in [0.2, 0.25) is 0 Å². The summed E-state index contributed by atoms with van der Waals surface area (Å²) in [5.74, 6) is 0.931. The molecule has 0 amide bonds. The lowest BCUT2D eigenvalue weighted by molar-refractivity contribution is 0.231. The van der Waals surface area contributed by atoms with Gasteiger partial charge in [-0.15, -0.1) is 0 Å². The minimum absolute atomic E-state index is 0.328. The van der Waals surface area contributed by atoms with E-state index in [1.807, 2.05) is 12.1 Å². The molecule has 76 valence electrons. The number of ether oxygens (including phenoxy) is 1. The fraction of sp³-hybridized carbons (Fsp3) is 0.500. The highest BCUT2D eigenvalue weighted by Crippen LogP contribution is 2.24. The van der Waals surface area contributed by atoms with Gasteiger partial charge >= 0.3 is 0 Å². The van der Waals surface area contributed by atoms with E-state index in [0.29, 0.717) is 5.54 Å². The molecule has 2 nitrogen and oxygen atoms in total. The zero-order valence-corrected chi connectivity index (χ0v) is 8.84. The van der Waals surface area contributed by atoms with Gasteiger partial charge < -0.3 is 10.1 Å². The number of hydrogen-bond donors (Lipinski definition) is 1. The second-order valence-electron chi connectivity index (χ2n) is 4.26. The highest BCUT2D eigenvalue weighted by Gasteiger charge is 2.30. The maximum Gasteiger partial charge on any atom is 0.118 e. The Bertz CT molecular complexity index is 301. The van der Waals surface area contributed by atoms with Gasteiger partial charge in [0.15, 0.2) is 0 Å². The molecule has 2 rings (SSSR count). The number of benzene rings is 1. The number of methoxy groups -OCH3 is 1. The van der Waals surface area contributed by atoms with Crippen LogP contribution >= 0.6 is 0 Å². The monoisotopic (exact) mass is 191 g/mol. The highest BCUT2D eigenvalue weighted by molar-refractivity contribution is 5.28. The predicted molar refractivity (Wildman–Crippen MR) is 57.7 cm³/mol. The summed E-state index contributed by atoms with van der Waals surface area (Å²) in [6, 6.07) is 8.34. The Kier molecular flexibility index (Phi) is 2.46. The Morgan fingerprint density at radius 2 is 2.00 bits per heavy atom. The van der Waals surface area contributed by atoms with Crippen molar-refractivity contribution in [3.8, 4) is 5.75 Å². The maximum atomic E-state index is 5.12. The van der Waals surface area contributed by atoms with E-state index < -0.39 is 0 Å². The molecule has 0 aromatic heterocycles. The van der Waals surface area contributed by atoms with E-state index in [9.17, 15) is 0 Å². The van der Waals surface area contributed by atoms with Crippen LogP contribution in [0.4, 0.5) is 0 Å². The van der Waals surface area contributed by atoms with Crippen molar-refractivity contribution in [2.75, 3.05) is 13.7 Å². The molecule has 1 saturated heterocycles. The lowest BCUT2D eigenvalue weighted by Crippen LogP contribution is -2.55. The van der Waals surface area contributed by atoms with E-state index in [1.54, 1.807) is 7.11 Å². The molecule has 0 bridgehead atoms. The van der Waals surface area contributed by atoms with E-state index >= 15 is 0 Å². The van der Waals surface area contributed by atoms with Gasteiger partial charge in [-0.3, -0.25) is 0 Å². The van der Waals surface area contributed by atoms with Gasteiger partial charge in [-0.1, -0.05) is 12.1 Å². The van der Waals surface area contributed by atoms with E-state index in [0.717, 1.165) is 18.7 Å². The van der Waals surface area contributed by atoms with Crippen LogP contribution in [0.1, 0.15) is 18.9 Å². The number of nitrogens with one attached hydrogen (secondary N) is 1. The first-order chi connectivity index (χ1) is 6.72. The molecule has 14 heavy (non-hydrogen) atoms. The summed E-state index contributed by atoms with van der Waals surface area (Å²) in [7, 11) is 1.70. The molecule has 1 heterocycles. The van der Waals surface area contributed by atoms with Crippen molar-refractivity contribution in [3.63, 3.8) is 0 Å². The summed E-state index contributed by atoms with van der Waals surface area (Å²) < 4.78 is 5.12. The normalized spacial score (nSPS) is 25.6. The molecule has 1 unspecified atom stereocenters. The van der Waals surface area contributed by atoms with Crippen molar-refractivity contribution >= 4 is 0 Å². The van der Waals surface area contributed by atoms with Gasteiger partial charge in [-0.25, -0.2) is 0 Å². The fourth-order valence-electron chi connectivity index (χ4n) is 1.90. The van der Waals surface area contributed by atoms with Crippen molar-refractivity contribution < 1.29 is 4.74 Å². The number of hydrogen-bond acceptors (Lipinski definition) is 2. The lowest BCUT2D eigenvalue weighted by atomic mass is 9.84. The first-order valence-electron chi connectivity index (χ1n) is 5.10. The molecule has 2 heteroatoms. The summed E-state index contributed by atoms with van der Waals surface area (Å²) in [6.07, 6.45) is 2.38. The summed E-state index contributed by atoms with van der Waals surface area (Å²) in [5, 5.41) is 3.47. The zero-order valence-electron chi connectivity index (χ0n) is 8.84. The molecule has 0 radical (unpaired) electrons. The molecule has 1 aliphatic rings. The third-order valence-electron chi connectivity index (χ3n) is 2.98. The average Bonchev–Trinajstić information content (AvgIpc) is 2.17. The lowest BCUT2D eigenvalue weighted by Gasteiger charge is -2.40. The van der Waals surface area contributed by atoms with E-state index in [-0.39, 0.29) is 0 Å². The molecule has 1 N–H and O–H groups in total. The Labute approximate surface area is 85.3 Å². The van der Waals surface area contributed by atoms with Crippen molar-refractivity contribution in [2.24, 2.45) is 0 Å². The predicted octanol–water partition coefficient (Wildman–Crippen LogP) is 1.99. The highest BCUT2D eigenvalue weighted by atomic mass is 16.5. The van der Waals surface area contributed by atoms with Crippen LogP contribution in [0.3, 0.4) is 0 Å². The Hall–Kier alpha value is -1.02. The van der Waals surface area contributed by atoms with Crippen LogP contribution in [0.2, 0.25) is 0 Å². The van der Waals surface area contributed by atoms with Crippen molar-refractivity contribution in [1.29, 1.82) is 0 Å². The first-order valence-corrected chi connectivity index (χ1v) is 5.10. The van der Waals surface area contributed by atoms with Crippen LogP contribution in [0.25, 0.3) is 0 Å². The standard InChI is InChI=1S/C12H17NO/c1-12(7-8-13-12)9-10-3-5-11(14-2)6-4-10/h3-6,13H,7-9H2,1-2H3. The van der Waals surface area contributed by atoms with Crippen molar-refractivity contribution in [3.05, 3.63) is 29.8 Å². The van der Waals surface area contributed by atoms with Crippen LogP contribution < -0.4 is 10.1 Å². The summed E-state index contributed by atoms with van der Waals surface area (Å²) >= 11 is 0. The third kappa shape index (κ3) is 1.90. The minimum Gasteiger partial charge on any atom is -0.497 e. The molecule has 0 spiro atoms. The van der Waals surface area contributed by atoms with Crippen LogP contribution in [0, 0.1) is 0 Å². The Morgan fingerprint density at radius 1 is 1.36 bits per heavy atom. The van der Waals surface area contributed by atoms with Crippen LogP contribution in [-0.2, 0) is 6.42 Å². The molecule has 0 aliphatic carbocycles.